The number of nitrogens with one attached hydrogen (secondary N) is 1. The maximum absolute atomic E-state index is 14.3. The van der Waals surface area contributed by atoms with Gasteiger partial charge < -0.3 is 10.2 Å². The minimum atomic E-state index is -4.56. The molecular formula is C22H18F4N6O. The van der Waals surface area contributed by atoms with Crippen molar-refractivity contribution in [1.29, 1.82) is 0 Å². The van der Waals surface area contributed by atoms with E-state index in [1.54, 1.807) is 17.0 Å². The van der Waals surface area contributed by atoms with Crippen LogP contribution in [0.1, 0.15) is 28.9 Å². The van der Waals surface area contributed by atoms with Crippen molar-refractivity contribution >= 4 is 11.7 Å². The summed E-state index contributed by atoms with van der Waals surface area (Å²) in [7, 11) is 0. The summed E-state index contributed by atoms with van der Waals surface area (Å²) in [6.07, 6.45) is 1.59. The van der Waals surface area contributed by atoms with Crippen LogP contribution in [0, 0.1) is 11.7 Å². The van der Waals surface area contributed by atoms with E-state index in [4.69, 9.17) is 0 Å². The molecule has 2 aliphatic rings. The smallest absolute Gasteiger partial charge is 0.364 e. The predicted octanol–water partition coefficient (Wildman–Crippen LogP) is 3.81. The van der Waals surface area contributed by atoms with Crippen LogP contribution < -0.4 is 5.32 Å². The van der Waals surface area contributed by atoms with Crippen LogP contribution >= 0.6 is 0 Å². The normalized spacial score (nSPS) is 21.9. The van der Waals surface area contributed by atoms with Crippen LogP contribution in [0.25, 0.3) is 11.4 Å². The zero-order valence-corrected chi connectivity index (χ0v) is 17.1. The fourth-order valence-electron chi connectivity index (χ4n) is 4.63. The van der Waals surface area contributed by atoms with E-state index in [9.17, 15) is 22.4 Å². The Labute approximate surface area is 185 Å². The molecule has 1 saturated heterocycles. The number of anilines is 1. The summed E-state index contributed by atoms with van der Waals surface area (Å²) in [5.41, 5.74) is -0.652. The van der Waals surface area contributed by atoms with Gasteiger partial charge in [-0.15, -0.1) is 0 Å². The summed E-state index contributed by atoms with van der Waals surface area (Å²) in [6.45, 7) is 0.541. The number of nitrogens with zero attached hydrogens (tertiary/aromatic N) is 5. The van der Waals surface area contributed by atoms with E-state index in [1.807, 2.05) is 0 Å². The van der Waals surface area contributed by atoms with E-state index in [0.29, 0.717) is 12.7 Å². The van der Waals surface area contributed by atoms with Crippen molar-refractivity contribution < 1.29 is 22.4 Å². The summed E-state index contributed by atoms with van der Waals surface area (Å²) in [6, 6.07) is 5.55. The Kier molecular flexibility index (Phi) is 5.18. The minimum Gasteiger partial charge on any atom is -0.364 e. The number of pyridine rings is 2. The number of rotatable bonds is 4. The van der Waals surface area contributed by atoms with E-state index in [1.165, 1.54) is 24.5 Å². The maximum atomic E-state index is 14.3. The first-order valence-electron chi connectivity index (χ1n) is 10.3. The van der Waals surface area contributed by atoms with Crippen molar-refractivity contribution in [3.8, 4) is 11.4 Å². The molecule has 1 saturated carbocycles. The lowest BCUT2D eigenvalue weighted by molar-refractivity contribution is -0.141. The molecule has 0 spiro atoms. The Balaban J connectivity index is 1.37. The molecule has 7 nitrogen and oxygen atoms in total. The maximum Gasteiger partial charge on any atom is 0.434 e. The first-order valence-corrected chi connectivity index (χ1v) is 10.3. The van der Waals surface area contributed by atoms with Gasteiger partial charge in [0.1, 0.15) is 17.2 Å². The van der Waals surface area contributed by atoms with Gasteiger partial charge >= 0.3 is 6.18 Å². The van der Waals surface area contributed by atoms with Crippen LogP contribution in [0.3, 0.4) is 0 Å². The Morgan fingerprint density at radius 2 is 1.76 bits per heavy atom. The number of amides is 1. The van der Waals surface area contributed by atoms with E-state index < -0.39 is 17.7 Å². The lowest BCUT2D eigenvalue weighted by Gasteiger charge is -2.34. The van der Waals surface area contributed by atoms with Crippen molar-refractivity contribution in [2.75, 3.05) is 11.9 Å². The molecule has 2 fully saturated rings. The highest BCUT2D eigenvalue weighted by atomic mass is 19.4. The predicted molar refractivity (Wildman–Crippen MR) is 109 cm³/mol. The number of carbonyl (C=O) groups is 1. The van der Waals surface area contributed by atoms with Crippen molar-refractivity contribution in [3.63, 3.8) is 0 Å². The van der Waals surface area contributed by atoms with Crippen LogP contribution in [0.2, 0.25) is 0 Å². The minimum absolute atomic E-state index is 0.000472. The third-order valence-electron chi connectivity index (χ3n) is 6.04. The van der Waals surface area contributed by atoms with Crippen LogP contribution in [-0.2, 0) is 6.18 Å². The molecule has 11 heteroatoms. The summed E-state index contributed by atoms with van der Waals surface area (Å²) in [5.74, 6) is -0.412. The Bertz CT molecular complexity index is 1190. The van der Waals surface area contributed by atoms with Crippen LogP contribution in [0.4, 0.5) is 23.4 Å². The molecule has 3 aromatic rings. The Hall–Kier alpha value is -3.63. The first-order chi connectivity index (χ1) is 15.8. The average molecular weight is 458 g/mol. The SMILES string of the molecule is O=C(c1cccnc1-c1ncccc1F)N1C[C@H]2C[C@@H](Nc3cnc(C(F)(F)F)cn3)[C@@H]1C2. The van der Waals surface area contributed by atoms with Gasteiger partial charge in [-0.1, -0.05) is 0 Å². The van der Waals surface area contributed by atoms with Gasteiger partial charge in [0.25, 0.3) is 5.91 Å². The highest BCUT2D eigenvalue weighted by Gasteiger charge is 2.47. The molecule has 0 radical (unpaired) electrons. The molecule has 33 heavy (non-hydrogen) atoms. The molecule has 0 unspecified atom stereocenters. The third kappa shape index (κ3) is 3.98. The van der Waals surface area contributed by atoms with Gasteiger partial charge in [0, 0.05) is 25.0 Å². The highest BCUT2D eigenvalue weighted by Crippen LogP contribution is 2.40. The fraction of sp³-hybridized carbons (Fsp3) is 0.318. The summed E-state index contributed by atoms with van der Waals surface area (Å²) >= 11 is 0. The summed E-state index contributed by atoms with van der Waals surface area (Å²) < 4.78 is 52.5. The second-order valence-electron chi connectivity index (χ2n) is 8.13. The molecule has 3 atom stereocenters. The molecule has 5 rings (SSSR count). The Morgan fingerprint density at radius 3 is 2.42 bits per heavy atom. The fourth-order valence-corrected chi connectivity index (χ4v) is 4.63. The van der Waals surface area contributed by atoms with E-state index in [0.717, 1.165) is 19.0 Å². The topological polar surface area (TPSA) is 83.9 Å². The highest BCUT2D eigenvalue weighted by molar-refractivity contribution is 6.00. The van der Waals surface area contributed by atoms with Gasteiger partial charge in [-0.2, -0.15) is 13.2 Å². The molecule has 1 amide bonds. The lowest BCUT2D eigenvalue weighted by atomic mass is 10.0. The zero-order valence-electron chi connectivity index (χ0n) is 17.1. The first kappa shape index (κ1) is 21.2. The van der Waals surface area contributed by atoms with Gasteiger partial charge in [-0.3, -0.25) is 14.8 Å². The molecule has 1 N–H and O–H groups in total. The number of hydrogen-bond donors (Lipinski definition) is 1. The summed E-state index contributed by atoms with van der Waals surface area (Å²) in [5, 5.41) is 3.12. The number of alkyl halides is 3. The van der Waals surface area contributed by atoms with Gasteiger partial charge in [-0.05, 0) is 43.0 Å². The number of aromatic nitrogens is 4. The molecule has 1 aliphatic heterocycles. The molecule has 170 valence electrons. The molecule has 4 heterocycles. The van der Waals surface area contributed by atoms with Crippen molar-refractivity contribution in [2.45, 2.75) is 31.1 Å². The van der Waals surface area contributed by atoms with Crippen molar-refractivity contribution in [3.05, 3.63) is 66.1 Å². The monoisotopic (exact) mass is 458 g/mol. The van der Waals surface area contributed by atoms with Crippen LogP contribution in [0.5, 0.6) is 0 Å². The summed E-state index contributed by atoms with van der Waals surface area (Å²) in [4.78, 5) is 30.7. The zero-order chi connectivity index (χ0) is 23.2. The second-order valence-corrected chi connectivity index (χ2v) is 8.13. The van der Waals surface area contributed by atoms with Gasteiger partial charge in [0.15, 0.2) is 11.5 Å². The standard InChI is InChI=1S/C22H18F4N6O/c23-14-4-2-6-28-20(14)19-13(3-1-5-27-19)21(33)32-11-12-7-15(16(32)8-12)31-18-10-29-17(9-30-18)22(24,25)26/h1-6,9-10,12,15-16H,7-8,11H2,(H,30,31)/t12-,15+,16-/m0/s1. The Morgan fingerprint density at radius 1 is 1.00 bits per heavy atom. The van der Waals surface area contributed by atoms with E-state index >= 15 is 0 Å². The number of hydrogen-bond acceptors (Lipinski definition) is 6. The van der Waals surface area contributed by atoms with E-state index in [-0.39, 0.29) is 46.7 Å². The molecular weight excluding hydrogens is 440 g/mol. The van der Waals surface area contributed by atoms with Gasteiger partial charge in [0.05, 0.1) is 24.0 Å². The number of halogens is 4. The molecule has 0 aromatic carbocycles. The average Bonchev–Trinajstić information content (AvgIpc) is 3.39. The van der Waals surface area contributed by atoms with Crippen molar-refractivity contribution in [2.24, 2.45) is 5.92 Å². The molecule has 1 aliphatic carbocycles. The van der Waals surface area contributed by atoms with E-state index in [2.05, 4.69) is 25.3 Å². The second kappa shape index (κ2) is 8.05. The number of fused-ring (bicyclic) bond motifs is 2. The number of piperidine rings is 1. The quantitative estimate of drug-likeness (QED) is 0.599. The lowest BCUT2D eigenvalue weighted by Crippen LogP contribution is -2.48. The number of carbonyl (C=O) groups excluding carboxylic acids is 1. The molecule has 3 aromatic heterocycles. The number of likely N-dealkylation sites (tertiary alicyclic amines) is 1. The van der Waals surface area contributed by atoms with Gasteiger partial charge in [0.2, 0.25) is 0 Å². The van der Waals surface area contributed by atoms with Crippen molar-refractivity contribution in [1.82, 2.24) is 24.8 Å². The molecule has 2 bridgehead atoms. The van der Waals surface area contributed by atoms with Crippen LogP contribution in [0.15, 0.2) is 49.1 Å². The third-order valence-corrected chi connectivity index (χ3v) is 6.04. The van der Waals surface area contributed by atoms with Crippen LogP contribution in [-0.4, -0.2) is 49.4 Å². The van der Waals surface area contributed by atoms with Gasteiger partial charge in [-0.25, -0.2) is 14.4 Å². The largest absolute Gasteiger partial charge is 0.434 e.